The SMILES string of the molecule is NS/C=C(\N)c1ccc(Cn2sc(Cl)c(Cl)c2=O)cc1. The van der Waals surface area contributed by atoms with Crippen LogP contribution >= 0.6 is 46.7 Å². The van der Waals surface area contributed by atoms with Crippen molar-refractivity contribution in [1.29, 1.82) is 0 Å². The van der Waals surface area contributed by atoms with Crippen LogP contribution in [0.3, 0.4) is 0 Å². The Morgan fingerprint density at radius 2 is 2.00 bits per heavy atom. The monoisotopic (exact) mass is 347 g/mol. The molecule has 106 valence electrons. The Hall–Kier alpha value is -0.920. The summed E-state index contributed by atoms with van der Waals surface area (Å²) in [5.74, 6) is 0. The van der Waals surface area contributed by atoms with Crippen LogP contribution in [0.2, 0.25) is 9.36 Å². The highest BCUT2D eigenvalue weighted by Crippen LogP contribution is 2.24. The highest BCUT2D eigenvalue weighted by Gasteiger charge is 2.11. The summed E-state index contributed by atoms with van der Waals surface area (Å²) < 4.78 is 1.81. The van der Waals surface area contributed by atoms with Gasteiger partial charge >= 0.3 is 0 Å². The van der Waals surface area contributed by atoms with E-state index in [1.54, 1.807) is 5.41 Å². The number of nitrogens with zero attached hydrogens (tertiary/aromatic N) is 1. The highest BCUT2D eigenvalue weighted by molar-refractivity contribution is 8.00. The van der Waals surface area contributed by atoms with E-state index in [1.165, 1.54) is 3.96 Å². The van der Waals surface area contributed by atoms with Gasteiger partial charge in [0.15, 0.2) is 0 Å². The van der Waals surface area contributed by atoms with E-state index in [4.69, 9.17) is 34.1 Å². The lowest BCUT2D eigenvalue weighted by atomic mass is 10.1. The molecule has 0 saturated carbocycles. The molecule has 0 radical (unpaired) electrons. The van der Waals surface area contributed by atoms with Crippen LogP contribution in [0.5, 0.6) is 0 Å². The first kappa shape index (κ1) is 15.5. The molecule has 0 bridgehead atoms. The van der Waals surface area contributed by atoms with Crippen LogP contribution in [-0.4, -0.2) is 3.96 Å². The predicted molar refractivity (Wildman–Crippen MR) is 88.1 cm³/mol. The van der Waals surface area contributed by atoms with E-state index in [0.717, 1.165) is 34.6 Å². The average molecular weight is 348 g/mol. The van der Waals surface area contributed by atoms with Gasteiger partial charge in [-0.05, 0) is 22.7 Å². The fourth-order valence-corrected chi connectivity index (χ4v) is 3.20. The molecule has 8 heteroatoms. The number of hydrogen-bond acceptors (Lipinski definition) is 5. The van der Waals surface area contributed by atoms with Crippen LogP contribution in [-0.2, 0) is 6.54 Å². The Labute approximate surface area is 134 Å². The first-order chi connectivity index (χ1) is 9.52. The highest BCUT2D eigenvalue weighted by atomic mass is 35.5. The molecular weight excluding hydrogens is 337 g/mol. The molecule has 1 aromatic heterocycles. The summed E-state index contributed by atoms with van der Waals surface area (Å²) in [6.07, 6.45) is 0. The van der Waals surface area contributed by atoms with Gasteiger partial charge < -0.3 is 5.73 Å². The van der Waals surface area contributed by atoms with Gasteiger partial charge in [0.05, 0.1) is 6.54 Å². The summed E-state index contributed by atoms with van der Waals surface area (Å²) in [5, 5.41) is 7.07. The quantitative estimate of drug-likeness (QED) is 0.833. The first-order valence-corrected chi connectivity index (χ1v) is 7.95. The van der Waals surface area contributed by atoms with E-state index in [1.807, 2.05) is 24.3 Å². The topological polar surface area (TPSA) is 74.0 Å². The second kappa shape index (κ2) is 6.69. The molecule has 0 aliphatic heterocycles. The van der Waals surface area contributed by atoms with Crippen LogP contribution in [0.1, 0.15) is 11.1 Å². The van der Waals surface area contributed by atoms with Gasteiger partial charge in [0.25, 0.3) is 5.56 Å². The predicted octanol–water partition coefficient (Wildman–Crippen LogP) is 3.13. The van der Waals surface area contributed by atoms with Crippen molar-refractivity contribution < 1.29 is 0 Å². The van der Waals surface area contributed by atoms with Gasteiger partial charge in [-0.2, -0.15) is 0 Å². The minimum absolute atomic E-state index is 0.0698. The Balaban J connectivity index is 2.21. The van der Waals surface area contributed by atoms with Gasteiger partial charge in [0, 0.05) is 11.1 Å². The van der Waals surface area contributed by atoms with Crippen molar-refractivity contribution >= 4 is 52.4 Å². The molecule has 1 heterocycles. The third-order valence-electron chi connectivity index (χ3n) is 2.59. The summed E-state index contributed by atoms with van der Waals surface area (Å²) in [4.78, 5) is 11.8. The Morgan fingerprint density at radius 3 is 2.50 bits per heavy atom. The minimum atomic E-state index is -0.273. The van der Waals surface area contributed by atoms with E-state index in [-0.39, 0.29) is 10.6 Å². The van der Waals surface area contributed by atoms with Crippen LogP contribution in [0, 0.1) is 0 Å². The third-order valence-corrected chi connectivity index (χ3v) is 4.81. The molecule has 0 spiro atoms. The maximum atomic E-state index is 11.8. The van der Waals surface area contributed by atoms with Gasteiger partial charge in [0.2, 0.25) is 0 Å². The molecule has 0 saturated heterocycles. The van der Waals surface area contributed by atoms with E-state index >= 15 is 0 Å². The van der Waals surface area contributed by atoms with Crippen molar-refractivity contribution in [1.82, 2.24) is 3.96 Å². The Kier molecular flexibility index (Phi) is 5.17. The lowest BCUT2D eigenvalue weighted by Crippen LogP contribution is -2.13. The van der Waals surface area contributed by atoms with E-state index < -0.39 is 0 Å². The number of halogens is 2. The zero-order chi connectivity index (χ0) is 14.7. The average Bonchev–Trinajstić information content (AvgIpc) is 2.67. The molecule has 2 aromatic rings. The summed E-state index contributed by atoms with van der Waals surface area (Å²) >= 11 is 13.8. The van der Waals surface area contributed by atoms with E-state index in [9.17, 15) is 4.79 Å². The molecule has 0 amide bonds. The fraction of sp³-hybridized carbons (Fsp3) is 0.0833. The molecule has 2 rings (SSSR count). The molecule has 0 aliphatic rings. The molecule has 0 unspecified atom stereocenters. The van der Waals surface area contributed by atoms with Crippen molar-refractivity contribution in [3.05, 3.63) is 60.5 Å². The van der Waals surface area contributed by atoms with Crippen LogP contribution < -0.4 is 16.4 Å². The molecular formula is C12H11Cl2N3OS2. The van der Waals surface area contributed by atoms with Gasteiger partial charge in [-0.15, -0.1) is 0 Å². The van der Waals surface area contributed by atoms with Crippen LogP contribution in [0.4, 0.5) is 0 Å². The summed E-state index contributed by atoms with van der Waals surface area (Å²) in [6, 6.07) is 7.54. The van der Waals surface area contributed by atoms with Crippen LogP contribution in [0.25, 0.3) is 5.70 Å². The standard InChI is InChI=1S/C12H11Cl2N3OS2/c13-10-11(14)20-17(12(10)18)5-7-1-3-8(4-2-7)9(15)6-19-16/h1-4,6H,5,15-16H2/b9-6-. The second-order valence-electron chi connectivity index (χ2n) is 3.93. The molecule has 1 aromatic carbocycles. The van der Waals surface area contributed by atoms with Crippen molar-refractivity contribution in [3.63, 3.8) is 0 Å². The number of benzene rings is 1. The normalized spacial score (nSPS) is 11.8. The maximum absolute atomic E-state index is 11.8. The fourth-order valence-electron chi connectivity index (χ4n) is 1.59. The van der Waals surface area contributed by atoms with E-state index in [2.05, 4.69) is 0 Å². The molecule has 4 nitrogen and oxygen atoms in total. The zero-order valence-electron chi connectivity index (χ0n) is 10.2. The largest absolute Gasteiger partial charge is 0.398 e. The number of rotatable bonds is 4. The van der Waals surface area contributed by atoms with Crippen molar-refractivity contribution in [2.24, 2.45) is 10.9 Å². The molecule has 0 atom stereocenters. The van der Waals surface area contributed by atoms with Gasteiger partial charge in [-0.1, -0.05) is 59.4 Å². The minimum Gasteiger partial charge on any atom is -0.398 e. The molecule has 0 fully saturated rings. The van der Waals surface area contributed by atoms with Gasteiger partial charge in [-0.3, -0.25) is 13.9 Å². The zero-order valence-corrected chi connectivity index (χ0v) is 13.3. The Bertz CT molecular complexity index is 692. The smallest absolute Gasteiger partial charge is 0.281 e. The Morgan fingerprint density at radius 1 is 1.35 bits per heavy atom. The van der Waals surface area contributed by atoms with Crippen LogP contribution in [0.15, 0.2) is 34.5 Å². The summed E-state index contributed by atoms with van der Waals surface area (Å²) in [6.45, 7) is 0.422. The molecule has 0 aliphatic carbocycles. The number of nitrogens with two attached hydrogens (primary N) is 2. The number of aromatic nitrogens is 1. The van der Waals surface area contributed by atoms with E-state index in [0.29, 0.717) is 16.6 Å². The summed E-state index contributed by atoms with van der Waals surface area (Å²) in [5.41, 5.74) is 7.99. The molecule has 20 heavy (non-hydrogen) atoms. The van der Waals surface area contributed by atoms with Crippen molar-refractivity contribution in [3.8, 4) is 0 Å². The number of hydrogen-bond donors (Lipinski definition) is 2. The van der Waals surface area contributed by atoms with Gasteiger partial charge in [-0.25, -0.2) is 0 Å². The maximum Gasteiger partial charge on any atom is 0.281 e. The summed E-state index contributed by atoms with van der Waals surface area (Å²) in [7, 11) is 0. The van der Waals surface area contributed by atoms with Gasteiger partial charge in [0.1, 0.15) is 9.36 Å². The molecule has 4 N–H and O–H groups in total. The lowest BCUT2D eigenvalue weighted by molar-refractivity contribution is 0.849. The van der Waals surface area contributed by atoms with Crippen molar-refractivity contribution in [2.75, 3.05) is 0 Å². The lowest BCUT2D eigenvalue weighted by Gasteiger charge is -2.04. The van der Waals surface area contributed by atoms with Crippen molar-refractivity contribution in [2.45, 2.75) is 6.54 Å². The first-order valence-electron chi connectivity index (χ1n) is 5.48. The third kappa shape index (κ3) is 3.39. The second-order valence-corrected chi connectivity index (χ2v) is 6.45.